The summed E-state index contributed by atoms with van der Waals surface area (Å²) in [6.07, 6.45) is -4.40. The Kier molecular flexibility index (Phi) is 4.58. The molecular weight excluding hydrogens is 355 g/mol. The molecule has 1 atom stereocenters. The van der Waals surface area contributed by atoms with Gasteiger partial charge in [-0.15, -0.1) is 11.3 Å². The van der Waals surface area contributed by atoms with Gasteiger partial charge in [-0.2, -0.15) is 18.2 Å². The molecule has 5 nitrogen and oxygen atoms in total. The van der Waals surface area contributed by atoms with Crippen LogP contribution in [0.2, 0.25) is 0 Å². The number of thiophene rings is 1. The first-order valence-electron chi connectivity index (χ1n) is 7.20. The maximum atomic E-state index is 12.6. The van der Waals surface area contributed by atoms with Crippen molar-refractivity contribution in [2.45, 2.75) is 19.1 Å². The molecule has 0 unspecified atom stereocenters. The van der Waals surface area contributed by atoms with Crippen LogP contribution in [0, 0.1) is 0 Å². The maximum Gasteiger partial charge on any atom is 0.416 e. The molecule has 0 fully saturated rings. The second kappa shape index (κ2) is 6.67. The summed E-state index contributed by atoms with van der Waals surface area (Å²) in [7, 11) is 0. The highest BCUT2D eigenvalue weighted by Crippen LogP contribution is 2.30. The van der Waals surface area contributed by atoms with E-state index in [1.54, 1.807) is 24.4 Å². The first-order chi connectivity index (χ1) is 11.8. The number of hydrogen-bond acceptors (Lipinski definition) is 5. The lowest BCUT2D eigenvalue weighted by Crippen LogP contribution is -2.26. The predicted octanol–water partition coefficient (Wildman–Crippen LogP) is 4.31. The van der Waals surface area contributed by atoms with E-state index in [4.69, 9.17) is 4.52 Å². The molecule has 0 aliphatic heterocycles. The van der Waals surface area contributed by atoms with Crippen LogP contribution in [0.25, 0.3) is 11.4 Å². The zero-order valence-corrected chi connectivity index (χ0v) is 13.7. The van der Waals surface area contributed by atoms with Gasteiger partial charge in [0.15, 0.2) is 0 Å². The van der Waals surface area contributed by atoms with E-state index in [0.29, 0.717) is 10.4 Å². The molecule has 2 heterocycles. The summed E-state index contributed by atoms with van der Waals surface area (Å²) in [6, 6.07) is 7.36. The second-order valence-corrected chi connectivity index (χ2v) is 6.15. The number of amides is 1. The van der Waals surface area contributed by atoms with Gasteiger partial charge in [-0.25, -0.2) is 0 Å². The Morgan fingerprint density at radius 2 is 1.96 bits per heavy atom. The van der Waals surface area contributed by atoms with Crippen molar-refractivity contribution in [2.75, 3.05) is 0 Å². The summed E-state index contributed by atoms with van der Waals surface area (Å²) in [4.78, 5) is 16.7. The summed E-state index contributed by atoms with van der Waals surface area (Å²) in [5.74, 6) is 0.0533. The third kappa shape index (κ3) is 3.87. The van der Waals surface area contributed by atoms with Crippen molar-refractivity contribution in [3.05, 3.63) is 58.1 Å². The first kappa shape index (κ1) is 17.2. The van der Waals surface area contributed by atoms with Gasteiger partial charge in [-0.3, -0.25) is 4.79 Å². The van der Waals surface area contributed by atoms with Gasteiger partial charge >= 0.3 is 6.18 Å². The van der Waals surface area contributed by atoms with Crippen LogP contribution in [-0.2, 0) is 6.18 Å². The van der Waals surface area contributed by atoms with Gasteiger partial charge < -0.3 is 9.84 Å². The maximum absolute atomic E-state index is 12.6. The molecule has 0 saturated carbocycles. The molecule has 0 aliphatic carbocycles. The lowest BCUT2D eigenvalue weighted by atomic mass is 10.1. The van der Waals surface area contributed by atoms with Crippen LogP contribution in [0.4, 0.5) is 13.2 Å². The van der Waals surface area contributed by atoms with Crippen molar-refractivity contribution in [3.63, 3.8) is 0 Å². The first-order valence-corrected chi connectivity index (χ1v) is 8.08. The Morgan fingerprint density at radius 3 is 2.56 bits per heavy atom. The van der Waals surface area contributed by atoms with E-state index in [2.05, 4.69) is 15.5 Å². The van der Waals surface area contributed by atoms with Crippen LogP contribution in [0.15, 0.2) is 46.3 Å². The lowest BCUT2D eigenvalue weighted by molar-refractivity contribution is -0.137. The van der Waals surface area contributed by atoms with Crippen LogP contribution in [0.5, 0.6) is 0 Å². The van der Waals surface area contributed by atoms with Crippen LogP contribution in [0.1, 0.15) is 34.1 Å². The van der Waals surface area contributed by atoms with Crippen molar-refractivity contribution < 1.29 is 22.5 Å². The Labute approximate surface area is 144 Å². The zero-order chi connectivity index (χ0) is 18.0. The van der Waals surface area contributed by atoms with Gasteiger partial charge in [0.1, 0.15) is 6.04 Å². The molecule has 9 heteroatoms. The topological polar surface area (TPSA) is 68.0 Å². The predicted molar refractivity (Wildman–Crippen MR) is 84.9 cm³/mol. The van der Waals surface area contributed by atoms with Crippen molar-refractivity contribution in [1.82, 2.24) is 15.5 Å². The number of halogens is 3. The van der Waals surface area contributed by atoms with Gasteiger partial charge in [0.2, 0.25) is 11.7 Å². The molecule has 25 heavy (non-hydrogen) atoms. The number of rotatable bonds is 4. The SMILES string of the molecule is C[C@H](NC(=O)c1cccs1)c1nc(-c2ccc(C(F)(F)F)cc2)no1. The number of nitrogens with one attached hydrogen (secondary N) is 1. The van der Waals surface area contributed by atoms with E-state index >= 15 is 0 Å². The third-order valence-electron chi connectivity index (χ3n) is 3.38. The van der Waals surface area contributed by atoms with E-state index in [1.807, 2.05) is 0 Å². The van der Waals surface area contributed by atoms with Crippen LogP contribution < -0.4 is 5.32 Å². The number of alkyl halides is 3. The molecule has 1 aromatic carbocycles. The third-order valence-corrected chi connectivity index (χ3v) is 4.24. The summed E-state index contributed by atoms with van der Waals surface area (Å²) < 4.78 is 42.8. The monoisotopic (exact) mass is 367 g/mol. The number of carbonyl (C=O) groups is 1. The summed E-state index contributed by atoms with van der Waals surface area (Å²) in [5, 5.41) is 8.26. The van der Waals surface area contributed by atoms with Crippen molar-refractivity contribution in [1.29, 1.82) is 0 Å². The van der Waals surface area contributed by atoms with Crippen LogP contribution in [0.3, 0.4) is 0 Å². The fourth-order valence-electron chi connectivity index (χ4n) is 2.07. The van der Waals surface area contributed by atoms with Gasteiger partial charge in [-0.05, 0) is 30.5 Å². The number of hydrogen-bond donors (Lipinski definition) is 1. The molecule has 0 saturated heterocycles. The van der Waals surface area contributed by atoms with Gasteiger partial charge in [0, 0.05) is 5.56 Å². The second-order valence-electron chi connectivity index (χ2n) is 5.20. The molecule has 130 valence electrons. The Hall–Kier alpha value is -2.68. The van der Waals surface area contributed by atoms with Gasteiger partial charge in [0.05, 0.1) is 10.4 Å². The summed E-state index contributed by atoms with van der Waals surface area (Å²) >= 11 is 1.30. The fraction of sp³-hybridized carbons (Fsp3) is 0.188. The summed E-state index contributed by atoms with van der Waals surface area (Å²) in [6.45, 7) is 1.68. The van der Waals surface area contributed by atoms with Crippen LogP contribution in [-0.4, -0.2) is 16.0 Å². The minimum atomic E-state index is -4.40. The average Bonchev–Trinajstić information content (AvgIpc) is 3.26. The van der Waals surface area contributed by atoms with Crippen molar-refractivity contribution in [2.24, 2.45) is 0 Å². The van der Waals surface area contributed by atoms with E-state index in [-0.39, 0.29) is 17.6 Å². The number of benzene rings is 1. The molecule has 1 amide bonds. The summed E-state index contributed by atoms with van der Waals surface area (Å²) in [5.41, 5.74) is -0.365. The minimum Gasteiger partial charge on any atom is -0.340 e. The van der Waals surface area contributed by atoms with E-state index in [9.17, 15) is 18.0 Å². The largest absolute Gasteiger partial charge is 0.416 e. The van der Waals surface area contributed by atoms with E-state index in [1.165, 1.54) is 23.5 Å². The average molecular weight is 367 g/mol. The molecule has 0 bridgehead atoms. The highest BCUT2D eigenvalue weighted by atomic mass is 32.1. The molecule has 0 spiro atoms. The van der Waals surface area contributed by atoms with Gasteiger partial charge in [0.25, 0.3) is 5.91 Å². The highest BCUT2D eigenvalue weighted by Gasteiger charge is 2.30. The molecule has 0 radical (unpaired) electrons. The zero-order valence-electron chi connectivity index (χ0n) is 12.9. The fourth-order valence-corrected chi connectivity index (χ4v) is 2.70. The molecule has 0 aliphatic rings. The van der Waals surface area contributed by atoms with E-state index < -0.39 is 17.8 Å². The normalized spacial score (nSPS) is 12.8. The molecule has 3 aromatic rings. The molecule has 2 aromatic heterocycles. The molecule has 3 rings (SSSR count). The van der Waals surface area contributed by atoms with Crippen molar-refractivity contribution in [3.8, 4) is 11.4 Å². The van der Waals surface area contributed by atoms with Crippen molar-refractivity contribution >= 4 is 17.2 Å². The lowest BCUT2D eigenvalue weighted by Gasteiger charge is -2.08. The standard InChI is InChI=1S/C16H12F3N3O2S/c1-9(20-14(23)12-3-2-8-25-12)15-21-13(22-24-15)10-4-6-11(7-5-10)16(17,18)19/h2-9H,1H3,(H,20,23)/t9-/m0/s1. The Bertz CT molecular complexity index is 858. The number of nitrogens with zero attached hydrogens (tertiary/aromatic N) is 2. The van der Waals surface area contributed by atoms with E-state index in [0.717, 1.165) is 12.1 Å². The quantitative estimate of drug-likeness (QED) is 0.746. The highest BCUT2D eigenvalue weighted by molar-refractivity contribution is 7.12. The Balaban J connectivity index is 1.72. The smallest absolute Gasteiger partial charge is 0.340 e. The number of aromatic nitrogens is 2. The molecule has 1 N–H and O–H groups in total. The minimum absolute atomic E-state index is 0.154. The van der Waals surface area contributed by atoms with Gasteiger partial charge in [-0.1, -0.05) is 23.4 Å². The molecular formula is C16H12F3N3O2S. The van der Waals surface area contributed by atoms with Crippen LogP contribution >= 0.6 is 11.3 Å². The Morgan fingerprint density at radius 1 is 1.24 bits per heavy atom. The number of carbonyl (C=O) groups excluding carboxylic acids is 1.